The summed E-state index contributed by atoms with van der Waals surface area (Å²) in [6, 6.07) is 5.41. The molecule has 1 aliphatic rings. The van der Waals surface area contributed by atoms with Gasteiger partial charge in [-0.1, -0.05) is 35.3 Å². The standard InChI is InChI=1S/C14H15Cl2NO3/c1-17(6-5-12(18)19)14(20)10-7-9(10)8-3-2-4-11(15)13(8)16/h2-4,9-10H,5-7H2,1H3,(H,18,19)/t9-,10-/m0/s1. The van der Waals surface area contributed by atoms with Crippen LogP contribution in [-0.4, -0.2) is 35.5 Å². The zero-order valence-corrected chi connectivity index (χ0v) is 12.5. The van der Waals surface area contributed by atoms with Crippen LogP contribution in [0, 0.1) is 5.92 Å². The summed E-state index contributed by atoms with van der Waals surface area (Å²) < 4.78 is 0. The molecule has 0 aliphatic heterocycles. The zero-order valence-electron chi connectivity index (χ0n) is 11.0. The van der Waals surface area contributed by atoms with Crippen LogP contribution >= 0.6 is 23.2 Å². The van der Waals surface area contributed by atoms with Crippen molar-refractivity contribution in [3.05, 3.63) is 33.8 Å². The molecule has 0 radical (unpaired) electrons. The number of carboxylic acids is 1. The first-order valence-corrected chi connectivity index (χ1v) is 7.08. The highest BCUT2D eigenvalue weighted by Gasteiger charge is 2.46. The van der Waals surface area contributed by atoms with Crippen LogP contribution in [0.25, 0.3) is 0 Å². The number of hydrogen-bond donors (Lipinski definition) is 1. The van der Waals surface area contributed by atoms with E-state index >= 15 is 0 Å². The second-order valence-corrected chi connectivity index (χ2v) is 5.78. The van der Waals surface area contributed by atoms with E-state index in [9.17, 15) is 9.59 Å². The molecule has 0 unspecified atom stereocenters. The minimum absolute atomic E-state index is 0.0349. The number of nitrogens with zero attached hydrogens (tertiary/aromatic N) is 1. The fourth-order valence-corrected chi connectivity index (χ4v) is 2.72. The smallest absolute Gasteiger partial charge is 0.305 e. The fraction of sp³-hybridized carbons (Fsp3) is 0.429. The van der Waals surface area contributed by atoms with E-state index in [4.69, 9.17) is 28.3 Å². The van der Waals surface area contributed by atoms with E-state index in [1.165, 1.54) is 4.90 Å². The minimum Gasteiger partial charge on any atom is -0.481 e. The normalized spacial score (nSPS) is 20.6. The third kappa shape index (κ3) is 3.25. The molecule has 1 aromatic rings. The van der Waals surface area contributed by atoms with Gasteiger partial charge in [-0.3, -0.25) is 9.59 Å². The molecule has 20 heavy (non-hydrogen) atoms. The molecule has 0 spiro atoms. The Morgan fingerprint density at radius 3 is 2.75 bits per heavy atom. The van der Waals surface area contributed by atoms with Crippen LogP contribution in [0.15, 0.2) is 18.2 Å². The second kappa shape index (κ2) is 6.02. The van der Waals surface area contributed by atoms with Crippen LogP contribution in [0.5, 0.6) is 0 Å². The van der Waals surface area contributed by atoms with Gasteiger partial charge in [0.05, 0.1) is 16.5 Å². The third-order valence-corrected chi connectivity index (χ3v) is 4.36. The number of hydrogen-bond acceptors (Lipinski definition) is 2. The molecule has 0 bridgehead atoms. The summed E-state index contributed by atoms with van der Waals surface area (Å²) in [5.74, 6) is -0.979. The predicted molar refractivity (Wildman–Crippen MR) is 77.2 cm³/mol. The van der Waals surface area contributed by atoms with Gasteiger partial charge in [-0.25, -0.2) is 0 Å². The molecule has 0 aromatic heterocycles. The Kier molecular flexibility index (Phi) is 4.55. The lowest BCUT2D eigenvalue weighted by Crippen LogP contribution is -2.30. The zero-order chi connectivity index (χ0) is 14.9. The Bertz CT molecular complexity index is 547. The average Bonchev–Trinajstić information content (AvgIpc) is 3.18. The van der Waals surface area contributed by atoms with Crippen LogP contribution in [0.1, 0.15) is 24.3 Å². The summed E-state index contributed by atoms with van der Waals surface area (Å²) in [5, 5.41) is 9.62. The molecule has 1 amide bonds. The van der Waals surface area contributed by atoms with Crippen LogP contribution in [0.4, 0.5) is 0 Å². The van der Waals surface area contributed by atoms with Gasteiger partial charge in [-0.2, -0.15) is 0 Å². The Balaban J connectivity index is 1.99. The highest BCUT2D eigenvalue weighted by Crippen LogP contribution is 2.51. The second-order valence-electron chi connectivity index (χ2n) is 5.00. The van der Waals surface area contributed by atoms with Crippen LogP contribution in [-0.2, 0) is 9.59 Å². The topological polar surface area (TPSA) is 57.6 Å². The van der Waals surface area contributed by atoms with Crippen molar-refractivity contribution < 1.29 is 14.7 Å². The molecule has 108 valence electrons. The molecular formula is C14H15Cl2NO3. The Morgan fingerprint density at radius 2 is 2.10 bits per heavy atom. The molecule has 0 heterocycles. The van der Waals surface area contributed by atoms with Gasteiger partial charge in [0.25, 0.3) is 0 Å². The predicted octanol–water partition coefficient (Wildman–Crippen LogP) is 3.03. The maximum absolute atomic E-state index is 12.2. The van der Waals surface area contributed by atoms with Crippen LogP contribution < -0.4 is 0 Å². The highest BCUT2D eigenvalue weighted by molar-refractivity contribution is 6.42. The lowest BCUT2D eigenvalue weighted by molar-refractivity contribution is -0.138. The molecule has 1 N–H and O–H groups in total. The summed E-state index contributed by atoms with van der Waals surface area (Å²) >= 11 is 12.1. The molecule has 4 nitrogen and oxygen atoms in total. The third-order valence-electron chi connectivity index (χ3n) is 3.53. The SMILES string of the molecule is CN(CCC(=O)O)C(=O)[C@H]1C[C@H]1c1cccc(Cl)c1Cl. The monoisotopic (exact) mass is 315 g/mol. The van der Waals surface area contributed by atoms with Crippen LogP contribution in [0.2, 0.25) is 10.0 Å². The van der Waals surface area contributed by atoms with E-state index in [0.29, 0.717) is 10.0 Å². The number of carbonyl (C=O) groups excluding carboxylic acids is 1. The van der Waals surface area contributed by atoms with Crippen molar-refractivity contribution in [1.82, 2.24) is 4.90 Å². The van der Waals surface area contributed by atoms with Crippen molar-refractivity contribution >= 4 is 35.1 Å². The molecular weight excluding hydrogens is 301 g/mol. The molecule has 2 atom stereocenters. The van der Waals surface area contributed by atoms with Crippen molar-refractivity contribution in [2.45, 2.75) is 18.8 Å². The van der Waals surface area contributed by atoms with E-state index in [1.54, 1.807) is 13.1 Å². The summed E-state index contributed by atoms with van der Waals surface area (Å²) in [7, 11) is 1.63. The average molecular weight is 316 g/mol. The van der Waals surface area contributed by atoms with E-state index in [2.05, 4.69) is 0 Å². The van der Waals surface area contributed by atoms with Gasteiger partial charge in [0.2, 0.25) is 5.91 Å². The van der Waals surface area contributed by atoms with E-state index < -0.39 is 5.97 Å². The Hall–Kier alpha value is -1.26. The number of aliphatic carboxylic acids is 1. The van der Waals surface area contributed by atoms with Gasteiger partial charge in [0.1, 0.15) is 0 Å². The van der Waals surface area contributed by atoms with E-state index in [-0.39, 0.29) is 30.7 Å². The molecule has 1 fully saturated rings. The molecule has 6 heteroatoms. The lowest BCUT2D eigenvalue weighted by atomic mass is 10.1. The fourth-order valence-electron chi connectivity index (χ4n) is 2.28. The highest BCUT2D eigenvalue weighted by atomic mass is 35.5. The molecule has 0 saturated heterocycles. The summed E-state index contributed by atoms with van der Waals surface area (Å²) in [6.07, 6.45) is 0.688. The van der Waals surface area contributed by atoms with Gasteiger partial charge in [0.15, 0.2) is 0 Å². The molecule has 1 aromatic carbocycles. The minimum atomic E-state index is -0.908. The number of carbonyl (C=O) groups is 2. The Labute approximate surface area is 127 Å². The van der Waals surface area contributed by atoms with Crippen molar-refractivity contribution in [1.29, 1.82) is 0 Å². The van der Waals surface area contributed by atoms with Crippen LogP contribution in [0.3, 0.4) is 0 Å². The Morgan fingerprint density at radius 1 is 1.40 bits per heavy atom. The van der Waals surface area contributed by atoms with Gasteiger partial charge in [0, 0.05) is 19.5 Å². The quantitative estimate of drug-likeness (QED) is 0.908. The number of rotatable bonds is 5. The first-order valence-electron chi connectivity index (χ1n) is 6.32. The van der Waals surface area contributed by atoms with Gasteiger partial charge in [-0.15, -0.1) is 0 Å². The number of amides is 1. The number of carboxylic acid groups (broad SMARTS) is 1. The van der Waals surface area contributed by atoms with Crippen molar-refractivity contribution in [3.8, 4) is 0 Å². The first kappa shape index (κ1) is 15.1. The van der Waals surface area contributed by atoms with E-state index in [1.807, 2.05) is 12.1 Å². The first-order chi connectivity index (χ1) is 9.41. The van der Waals surface area contributed by atoms with Crippen molar-refractivity contribution in [2.75, 3.05) is 13.6 Å². The molecule has 1 aliphatic carbocycles. The number of halogens is 2. The molecule has 2 rings (SSSR count). The van der Waals surface area contributed by atoms with Gasteiger partial charge < -0.3 is 10.0 Å². The summed E-state index contributed by atoms with van der Waals surface area (Å²) in [4.78, 5) is 24.1. The van der Waals surface area contributed by atoms with Gasteiger partial charge >= 0.3 is 5.97 Å². The lowest BCUT2D eigenvalue weighted by Gasteiger charge is -2.16. The van der Waals surface area contributed by atoms with Crippen molar-refractivity contribution in [2.24, 2.45) is 5.92 Å². The maximum Gasteiger partial charge on any atom is 0.305 e. The number of benzene rings is 1. The van der Waals surface area contributed by atoms with Crippen molar-refractivity contribution in [3.63, 3.8) is 0 Å². The van der Waals surface area contributed by atoms with Gasteiger partial charge in [-0.05, 0) is 24.0 Å². The summed E-state index contributed by atoms with van der Waals surface area (Å²) in [6.45, 7) is 0.223. The summed E-state index contributed by atoms with van der Waals surface area (Å²) in [5.41, 5.74) is 0.893. The largest absolute Gasteiger partial charge is 0.481 e. The molecule has 1 saturated carbocycles. The maximum atomic E-state index is 12.2. The van der Waals surface area contributed by atoms with E-state index in [0.717, 1.165) is 12.0 Å².